The molecule has 23 heavy (non-hydrogen) atoms. The van der Waals surface area contributed by atoms with Gasteiger partial charge in [0.1, 0.15) is 0 Å². The molecule has 2 heterocycles. The smallest absolute Gasteiger partial charge is 0.318 e. The van der Waals surface area contributed by atoms with Crippen LogP contribution in [0.5, 0.6) is 0 Å². The van der Waals surface area contributed by atoms with E-state index < -0.39 is 0 Å². The molecule has 6 heteroatoms. The van der Waals surface area contributed by atoms with Crippen LogP contribution < -0.4 is 10.2 Å². The van der Waals surface area contributed by atoms with Crippen LogP contribution in [0.3, 0.4) is 0 Å². The normalized spacial score (nSPS) is 20.2. The Labute approximate surface area is 137 Å². The lowest BCUT2D eigenvalue weighted by Crippen LogP contribution is -2.46. The summed E-state index contributed by atoms with van der Waals surface area (Å²) < 4.78 is 10.7. The fourth-order valence-electron chi connectivity index (χ4n) is 2.92. The third-order valence-electron chi connectivity index (χ3n) is 4.41. The number of carbonyl (C=O) groups excluding carboxylic acids is 1. The van der Waals surface area contributed by atoms with Crippen LogP contribution >= 0.6 is 0 Å². The fourth-order valence-corrected chi connectivity index (χ4v) is 2.92. The quantitative estimate of drug-likeness (QED) is 0.920. The van der Waals surface area contributed by atoms with E-state index in [0.29, 0.717) is 26.3 Å². The summed E-state index contributed by atoms with van der Waals surface area (Å²) in [6.07, 6.45) is 0. The highest BCUT2D eigenvalue weighted by Gasteiger charge is 2.19. The number of carbonyl (C=O) groups is 1. The first kappa shape index (κ1) is 16.1. The molecule has 0 spiro atoms. The Morgan fingerprint density at radius 2 is 1.57 bits per heavy atom. The number of benzene rings is 1. The molecule has 2 aliphatic heterocycles. The summed E-state index contributed by atoms with van der Waals surface area (Å²) in [7, 11) is 0. The van der Waals surface area contributed by atoms with E-state index in [1.165, 1.54) is 5.69 Å². The van der Waals surface area contributed by atoms with Crippen molar-refractivity contribution in [2.75, 3.05) is 57.5 Å². The predicted octanol–water partition coefficient (Wildman–Crippen LogP) is 1.63. The summed E-state index contributed by atoms with van der Waals surface area (Å²) in [6, 6.07) is 8.40. The van der Waals surface area contributed by atoms with Crippen molar-refractivity contribution in [1.29, 1.82) is 0 Å². The number of urea groups is 1. The molecule has 0 aliphatic carbocycles. The van der Waals surface area contributed by atoms with Gasteiger partial charge in [0.05, 0.1) is 32.5 Å². The number of anilines is 1. The van der Waals surface area contributed by atoms with Crippen molar-refractivity contribution >= 4 is 11.7 Å². The summed E-state index contributed by atoms with van der Waals surface area (Å²) in [5.74, 6) is 0. The van der Waals surface area contributed by atoms with E-state index in [2.05, 4.69) is 34.5 Å². The van der Waals surface area contributed by atoms with Gasteiger partial charge in [-0.25, -0.2) is 4.79 Å². The van der Waals surface area contributed by atoms with Gasteiger partial charge in [-0.15, -0.1) is 0 Å². The van der Waals surface area contributed by atoms with Crippen molar-refractivity contribution in [3.63, 3.8) is 0 Å². The molecule has 0 aromatic heterocycles. The fraction of sp³-hybridized carbons (Fsp3) is 0.588. The van der Waals surface area contributed by atoms with Crippen LogP contribution in [-0.4, -0.2) is 63.5 Å². The molecule has 1 N–H and O–H groups in total. The zero-order valence-corrected chi connectivity index (χ0v) is 13.7. The van der Waals surface area contributed by atoms with Crippen LogP contribution in [0.25, 0.3) is 0 Å². The lowest BCUT2D eigenvalue weighted by Gasteiger charge is -2.30. The highest BCUT2D eigenvalue weighted by molar-refractivity contribution is 5.74. The minimum atomic E-state index is -0.0157. The minimum absolute atomic E-state index is 0.0101. The summed E-state index contributed by atoms with van der Waals surface area (Å²) in [4.78, 5) is 16.4. The van der Waals surface area contributed by atoms with Crippen molar-refractivity contribution in [2.24, 2.45) is 0 Å². The van der Waals surface area contributed by atoms with Crippen LogP contribution in [-0.2, 0) is 9.47 Å². The second-order valence-electron chi connectivity index (χ2n) is 5.96. The first-order valence-electron chi connectivity index (χ1n) is 8.30. The Kier molecular flexibility index (Phi) is 5.35. The summed E-state index contributed by atoms with van der Waals surface area (Å²) in [5.41, 5.74) is 2.33. The van der Waals surface area contributed by atoms with Crippen molar-refractivity contribution in [2.45, 2.75) is 13.0 Å². The number of hydrogen-bond donors (Lipinski definition) is 1. The van der Waals surface area contributed by atoms with Crippen molar-refractivity contribution in [3.05, 3.63) is 29.8 Å². The second-order valence-corrected chi connectivity index (χ2v) is 5.96. The zero-order valence-electron chi connectivity index (χ0n) is 13.7. The number of nitrogens with zero attached hydrogens (tertiary/aromatic N) is 2. The Morgan fingerprint density at radius 3 is 2.17 bits per heavy atom. The topological polar surface area (TPSA) is 54.0 Å². The van der Waals surface area contributed by atoms with Gasteiger partial charge in [0.15, 0.2) is 0 Å². The Hall–Kier alpha value is -1.79. The average Bonchev–Trinajstić information content (AvgIpc) is 2.63. The van der Waals surface area contributed by atoms with Gasteiger partial charge in [0.25, 0.3) is 0 Å². The molecule has 6 nitrogen and oxygen atoms in total. The largest absolute Gasteiger partial charge is 0.378 e. The maximum absolute atomic E-state index is 12.2. The van der Waals surface area contributed by atoms with Gasteiger partial charge in [0.2, 0.25) is 0 Å². The number of morpholine rings is 2. The lowest BCUT2D eigenvalue weighted by atomic mass is 10.1. The number of ether oxygens (including phenoxy) is 2. The first-order chi connectivity index (χ1) is 11.2. The molecule has 2 fully saturated rings. The minimum Gasteiger partial charge on any atom is -0.378 e. The number of nitrogens with one attached hydrogen (secondary N) is 1. The number of hydrogen-bond acceptors (Lipinski definition) is 4. The van der Waals surface area contributed by atoms with Gasteiger partial charge in [-0.05, 0) is 24.6 Å². The number of amides is 2. The average molecular weight is 319 g/mol. The summed E-state index contributed by atoms with van der Waals surface area (Å²) in [5, 5.41) is 3.06. The molecule has 1 aromatic carbocycles. The van der Waals surface area contributed by atoms with Crippen LogP contribution in [0.2, 0.25) is 0 Å². The third kappa shape index (κ3) is 4.14. The SMILES string of the molecule is CC(NC(=O)N1CCOCC1)c1ccc(N2CCOCC2)cc1. The van der Waals surface area contributed by atoms with Gasteiger partial charge in [-0.1, -0.05) is 12.1 Å². The molecule has 3 rings (SSSR count). The standard InChI is InChI=1S/C17H25N3O3/c1-14(18-17(21)20-8-12-23-13-9-20)15-2-4-16(5-3-15)19-6-10-22-11-7-19/h2-5,14H,6-13H2,1H3,(H,18,21). The highest BCUT2D eigenvalue weighted by atomic mass is 16.5. The monoisotopic (exact) mass is 319 g/mol. The van der Waals surface area contributed by atoms with E-state index in [4.69, 9.17) is 9.47 Å². The van der Waals surface area contributed by atoms with Gasteiger partial charge in [-0.3, -0.25) is 0 Å². The maximum Gasteiger partial charge on any atom is 0.318 e. The molecule has 2 saturated heterocycles. The molecule has 1 atom stereocenters. The molecule has 0 saturated carbocycles. The molecular weight excluding hydrogens is 294 g/mol. The molecule has 0 radical (unpaired) electrons. The van der Waals surface area contributed by atoms with Crippen molar-refractivity contribution in [1.82, 2.24) is 10.2 Å². The Bertz CT molecular complexity index is 508. The predicted molar refractivity (Wildman–Crippen MR) is 88.8 cm³/mol. The third-order valence-corrected chi connectivity index (χ3v) is 4.41. The lowest BCUT2D eigenvalue weighted by molar-refractivity contribution is 0.0526. The van der Waals surface area contributed by atoms with E-state index in [9.17, 15) is 4.79 Å². The van der Waals surface area contributed by atoms with Crippen molar-refractivity contribution in [3.8, 4) is 0 Å². The Morgan fingerprint density at radius 1 is 1.00 bits per heavy atom. The van der Waals surface area contributed by atoms with E-state index in [0.717, 1.165) is 31.9 Å². The van der Waals surface area contributed by atoms with E-state index in [-0.39, 0.29) is 12.1 Å². The maximum atomic E-state index is 12.2. The highest BCUT2D eigenvalue weighted by Crippen LogP contribution is 2.20. The molecule has 126 valence electrons. The van der Waals surface area contributed by atoms with E-state index in [1.807, 2.05) is 11.8 Å². The second kappa shape index (κ2) is 7.66. The van der Waals surface area contributed by atoms with Crippen molar-refractivity contribution < 1.29 is 14.3 Å². The molecule has 2 amide bonds. The van der Waals surface area contributed by atoms with Crippen LogP contribution in [0.15, 0.2) is 24.3 Å². The molecule has 2 aliphatic rings. The molecular formula is C17H25N3O3. The number of rotatable bonds is 3. The van der Waals surface area contributed by atoms with Crippen LogP contribution in [0.4, 0.5) is 10.5 Å². The first-order valence-corrected chi connectivity index (χ1v) is 8.30. The van der Waals surface area contributed by atoms with Gasteiger partial charge < -0.3 is 24.6 Å². The van der Waals surface area contributed by atoms with Gasteiger partial charge >= 0.3 is 6.03 Å². The summed E-state index contributed by atoms with van der Waals surface area (Å²) >= 11 is 0. The summed E-state index contributed by atoms with van der Waals surface area (Å²) in [6.45, 7) is 8.02. The van der Waals surface area contributed by atoms with E-state index in [1.54, 1.807) is 0 Å². The Balaban J connectivity index is 1.56. The molecule has 0 bridgehead atoms. The van der Waals surface area contributed by atoms with E-state index >= 15 is 0 Å². The van der Waals surface area contributed by atoms with Gasteiger partial charge in [-0.2, -0.15) is 0 Å². The molecule has 1 aromatic rings. The van der Waals surface area contributed by atoms with Gasteiger partial charge in [0, 0.05) is 31.9 Å². The van der Waals surface area contributed by atoms with Crippen LogP contribution in [0.1, 0.15) is 18.5 Å². The van der Waals surface area contributed by atoms with Crippen LogP contribution in [0, 0.1) is 0 Å². The zero-order chi connectivity index (χ0) is 16.1. The molecule has 1 unspecified atom stereocenters.